The van der Waals surface area contributed by atoms with Crippen molar-refractivity contribution in [1.29, 1.82) is 0 Å². The molecule has 194 valence electrons. The molecule has 0 amide bonds. The lowest BCUT2D eigenvalue weighted by atomic mass is 9.97. The Balaban J connectivity index is 1.86. The van der Waals surface area contributed by atoms with Crippen LogP contribution in [0.1, 0.15) is 44.9 Å². The second-order valence-electron chi connectivity index (χ2n) is 8.49. The molecule has 0 spiro atoms. The first-order chi connectivity index (χ1) is 17.9. The molecule has 0 aliphatic carbocycles. The minimum atomic E-state index is -0.739. The third-order valence-electron chi connectivity index (χ3n) is 5.54. The zero-order valence-electron chi connectivity index (χ0n) is 21.5. The first-order valence-electron chi connectivity index (χ1n) is 12.1. The maximum atomic E-state index is 13.7. The Morgan fingerprint density at radius 2 is 1.86 bits per heavy atom. The number of fused-ring (bicyclic) bond motifs is 1. The van der Waals surface area contributed by atoms with Gasteiger partial charge in [0, 0.05) is 6.20 Å². The van der Waals surface area contributed by atoms with Crippen LogP contribution in [0.5, 0.6) is 17.2 Å². The van der Waals surface area contributed by atoms with Crippen LogP contribution in [-0.2, 0) is 9.53 Å². The number of benzene rings is 2. The third-order valence-corrected chi connectivity index (χ3v) is 6.53. The van der Waals surface area contributed by atoms with Gasteiger partial charge in [0.2, 0.25) is 0 Å². The monoisotopic (exact) mass is 522 g/mol. The number of thiazole rings is 1. The molecule has 0 saturated heterocycles. The molecule has 1 aliphatic rings. The minimum absolute atomic E-state index is 0.0352. The third kappa shape index (κ3) is 5.61. The van der Waals surface area contributed by atoms with E-state index in [1.54, 1.807) is 18.2 Å². The number of carbonyl (C=O) groups excluding carboxylic acids is 1. The highest BCUT2D eigenvalue weighted by Crippen LogP contribution is 2.35. The van der Waals surface area contributed by atoms with Gasteiger partial charge in [-0.25, -0.2) is 9.79 Å². The molecule has 0 radical (unpaired) electrons. The van der Waals surface area contributed by atoms with Crippen molar-refractivity contribution in [3.05, 3.63) is 85.1 Å². The van der Waals surface area contributed by atoms with E-state index in [2.05, 4.69) is 4.99 Å². The summed E-state index contributed by atoms with van der Waals surface area (Å²) in [6.07, 6.45) is 3.31. The van der Waals surface area contributed by atoms with Gasteiger partial charge >= 0.3 is 5.97 Å². The summed E-state index contributed by atoms with van der Waals surface area (Å²) < 4.78 is 24.3. The van der Waals surface area contributed by atoms with E-state index in [1.807, 2.05) is 58.0 Å². The average Bonchev–Trinajstić information content (AvgIpc) is 3.19. The fourth-order valence-electron chi connectivity index (χ4n) is 4.09. The van der Waals surface area contributed by atoms with Crippen LogP contribution in [0.15, 0.2) is 64.0 Å². The first-order valence-corrected chi connectivity index (χ1v) is 12.9. The topological polar surface area (TPSA) is 88.4 Å². The fraction of sp³-hybridized carbons (Fsp3) is 0.321. The first kappa shape index (κ1) is 26.2. The highest BCUT2D eigenvalue weighted by Gasteiger charge is 2.31. The van der Waals surface area contributed by atoms with Crippen LogP contribution in [0.3, 0.4) is 0 Å². The molecule has 0 fully saturated rings. The second kappa shape index (κ2) is 11.5. The molecular weight excluding hydrogens is 492 g/mol. The minimum Gasteiger partial charge on any atom is -0.491 e. The van der Waals surface area contributed by atoms with Crippen LogP contribution in [-0.4, -0.2) is 37.0 Å². The van der Waals surface area contributed by atoms with E-state index in [1.165, 1.54) is 29.2 Å². The van der Waals surface area contributed by atoms with Crippen molar-refractivity contribution in [3.8, 4) is 17.2 Å². The molecule has 1 aliphatic heterocycles. The Kier molecular flexibility index (Phi) is 8.13. The van der Waals surface area contributed by atoms with Gasteiger partial charge in [0.25, 0.3) is 5.56 Å². The van der Waals surface area contributed by atoms with Crippen molar-refractivity contribution in [2.75, 3.05) is 20.3 Å². The smallest absolute Gasteiger partial charge is 0.337 e. The lowest BCUT2D eigenvalue weighted by Gasteiger charge is -2.23. The molecule has 37 heavy (non-hydrogen) atoms. The Morgan fingerprint density at radius 3 is 2.57 bits per heavy atom. The van der Waals surface area contributed by atoms with Gasteiger partial charge in [0.05, 0.1) is 42.6 Å². The molecule has 2 aromatic carbocycles. The summed E-state index contributed by atoms with van der Waals surface area (Å²) in [4.78, 5) is 31.4. The van der Waals surface area contributed by atoms with Gasteiger partial charge in [-0.1, -0.05) is 29.5 Å². The molecule has 3 aromatic rings. The number of rotatable bonds is 9. The van der Waals surface area contributed by atoms with Crippen molar-refractivity contribution in [1.82, 2.24) is 4.57 Å². The molecule has 0 unspecified atom stereocenters. The van der Waals surface area contributed by atoms with E-state index in [9.17, 15) is 9.59 Å². The van der Waals surface area contributed by atoms with E-state index in [-0.39, 0.29) is 17.2 Å². The summed E-state index contributed by atoms with van der Waals surface area (Å²) in [5, 5.41) is 0. The van der Waals surface area contributed by atoms with Gasteiger partial charge in [-0.3, -0.25) is 9.36 Å². The lowest BCUT2D eigenvalue weighted by Crippen LogP contribution is -2.39. The van der Waals surface area contributed by atoms with Gasteiger partial charge in [0.1, 0.15) is 5.75 Å². The normalized spacial score (nSPS) is 15.0. The number of carbonyl (C=O) groups is 1. The molecule has 8 nitrogen and oxygen atoms in total. The number of hydrogen-bond donors (Lipinski definition) is 0. The second-order valence-corrected chi connectivity index (χ2v) is 9.50. The largest absolute Gasteiger partial charge is 0.491 e. The van der Waals surface area contributed by atoms with Crippen molar-refractivity contribution in [3.63, 3.8) is 0 Å². The summed E-state index contributed by atoms with van der Waals surface area (Å²) in [5.74, 6) is 1.29. The van der Waals surface area contributed by atoms with Gasteiger partial charge in [-0.2, -0.15) is 0 Å². The van der Waals surface area contributed by atoms with Crippen LogP contribution < -0.4 is 29.1 Å². The van der Waals surface area contributed by atoms with Crippen molar-refractivity contribution < 1.29 is 23.7 Å². The predicted molar refractivity (Wildman–Crippen MR) is 142 cm³/mol. The van der Waals surface area contributed by atoms with Gasteiger partial charge in [-0.15, -0.1) is 0 Å². The fourth-order valence-corrected chi connectivity index (χ4v) is 5.06. The Bertz CT molecular complexity index is 1500. The van der Waals surface area contributed by atoms with E-state index >= 15 is 0 Å². The average molecular weight is 523 g/mol. The molecule has 9 heteroatoms. The number of aromatic nitrogens is 1. The van der Waals surface area contributed by atoms with Crippen LogP contribution in [0.2, 0.25) is 0 Å². The summed E-state index contributed by atoms with van der Waals surface area (Å²) in [7, 11) is 1.31. The highest BCUT2D eigenvalue weighted by atomic mass is 32.1. The molecular formula is C28H30N2O6S. The van der Waals surface area contributed by atoms with E-state index < -0.39 is 12.0 Å². The number of esters is 1. The molecule has 0 bridgehead atoms. The van der Waals surface area contributed by atoms with Crippen LogP contribution in [0.4, 0.5) is 0 Å². The van der Waals surface area contributed by atoms with Crippen LogP contribution >= 0.6 is 11.3 Å². The predicted octanol–water partition coefficient (Wildman–Crippen LogP) is 3.60. The maximum absolute atomic E-state index is 13.7. The maximum Gasteiger partial charge on any atom is 0.337 e. The van der Waals surface area contributed by atoms with Gasteiger partial charge in [-0.05, 0) is 69.2 Å². The number of methoxy groups -OCH3 is 1. The molecule has 0 N–H and O–H groups in total. The summed E-state index contributed by atoms with van der Waals surface area (Å²) in [5.41, 5.74) is 1.50. The number of hydrogen-bond acceptors (Lipinski definition) is 8. The number of nitrogens with zero attached hydrogens (tertiary/aromatic N) is 2. The van der Waals surface area contributed by atoms with Crippen molar-refractivity contribution in [2.24, 2.45) is 4.99 Å². The Morgan fingerprint density at radius 1 is 1.11 bits per heavy atom. The SMILES string of the molecule is CCOc1ccc([C@@H]2C(C(=O)OC)=CN=c3s/c(=C/c4cccc(OC(C)C)c4)c(=O)n32)cc1OCC. The summed E-state index contributed by atoms with van der Waals surface area (Å²) >= 11 is 1.26. The quantitative estimate of drug-likeness (QED) is 0.399. The highest BCUT2D eigenvalue weighted by molar-refractivity contribution is 7.07. The van der Waals surface area contributed by atoms with E-state index in [0.717, 1.165) is 11.3 Å². The summed E-state index contributed by atoms with van der Waals surface area (Å²) in [6.45, 7) is 8.61. The number of ether oxygens (including phenoxy) is 4. The molecule has 1 atom stereocenters. The van der Waals surface area contributed by atoms with E-state index in [4.69, 9.17) is 18.9 Å². The molecule has 1 aromatic heterocycles. The van der Waals surface area contributed by atoms with E-state index in [0.29, 0.717) is 39.6 Å². The van der Waals surface area contributed by atoms with Gasteiger partial charge in [0.15, 0.2) is 16.3 Å². The van der Waals surface area contributed by atoms with Gasteiger partial charge < -0.3 is 18.9 Å². The van der Waals surface area contributed by atoms with Crippen molar-refractivity contribution in [2.45, 2.75) is 39.8 Å². The summed E-state index contributed by atoms with van der Waals surface area (Å²) in [6, 6.07) is 12.2. The van der Waals surface area contributed by atoms with Crippen molar-refractivity contribution >= 4 is 23.4 Å². The molecule has 4 rings (SSSR count). The molecule has 2 heterocycles. The lowest BCUT2D eigenvalue weighted by molar-refractivity contribution is -0.136. The Labute approximate surface area is 219 Å². The zero-order valence-corrected chi connectivity index (χ0v) is 22.3. The van der Waals surface area contributed by atoms with Crippen LogP contribution in [0.25, 0.3) is 6.08 Å². The molecule has 0 saturated carbocycles. The zero-order chi connectivity index (χ0) is 26.5. The Hall–Kier alpha value is -3.85. The van der Waals surface area contributed by atoms with Crippen LogP contribution in [0, 0.1) is 0 Å². The standard InChI is InChI=1S/C28H30N2O6S/c1-6-34-22-12-11-19(15-23(22)35-7-2)25-21(27(32)33-5)16-29-28-30(25)26(31)24(37-28)14-18-9-8-10-20(13-18)36-17(3)4/h8-17,25H,6-7H2,1-5H3/b24-14+/t25-/m1/s1.